The first kappa shape index (κ1) is 25.7. The lowest BCUT2D eigenvalue weighted by molar-refractivity contribution is 0.102. The number of methoxy groups -OCH3 is 3. The van der Waals surface area contributed by atoms with Crippen molar-refractivity contribution in [2.24, 2.45) is 4.99 Å². The highest BCUT2D eigenvalue weighted by atomic mass is 19.1. The molecule has 1 N–H and O–H groups in total. The van der Waals surface area contributed by atoms with Crippen molar-refractivity contribution < 1.29 is 27.8 Å². The average Bonchev–Trinajstić information content (AvgIpc) is 2.98. The van der Waals surface area contributed by atoms with E-state index in [1.165, 1.54) is 56.8 Å². The first-order chi connectivity index (χ1) is 19.5. The number of aryl methyl sites for hydroxylation is 2. The van der Waals surface area contributed by atoms with Crippen LogP contribution in [-0.4, -0.2) is 40.3 Å². The van der Waals surface area contributed by atoms with E-state index in [1.807, 2.05) is 6.07 Å². The molecule has 0 fully saturated rings. The van der Waals surface area contributed by atoms with E-state index in [4.69, 9.17) is 23.6 Å². The van der Waals surface area contributed by atoms with Crippen molar-refractivity contribution in [3.8, 4) is 17.2 Å². The Labute approximate surface area is 231 Å². The van der Waals surface area contributed by atoms with Crippen LogP contribution in [0.4, 0.5) is 21.5 Å². The lowest BCUT2D eigenvalue weighted by Crippen LogP contribution is -2.34. The van der Waals surface area contributed by atoms with Gasteiger partial charge in [0.25, 0.3) is 5.91 Å². The molecular formula is C31H30FN3O5. The van der Waals surface area contributed by atoms with Gasteiger partial charge >= 0.3 is 0 Å². The number of benzene rings is 3. The number of nitrogens with zero attached hydrogens (tertiary/aromatic N) is 2. The van der Waals surface area contributed by atoms with E-state index in [-0.39, 0.29) is 16.9 Å². The second-order valence-electron chi connectivity index (χ2n) is 9.90. The molecule has 3 heterocycles. The van der Waals surface area contributed by atoms with Crippen LogP contribution < -0.4 is 30.0 Å². The number of nitrogens with one attached hydrogen (secondary N) is 1. The number of fused-ring (bicyclic) bond motifs is 2. The maximum atomic E-state index is 13.6. The molecule has 6 rings (SSSR count). The molecule has 0 saturated carbocycles. The molecule has 0 unspecified atom stereocenters. The molecule has 1 aromatic heterocycles. The fraction of sp³-hybridized carbons (Fsp3) is 0.290. The van der Waals surface area contributed by atoms with E-state index >= 15 is 0 Å². The summed E-state index contributed by atoms with van der Waals surface area (Å²) in [5.41, 5.74) is 5.74. The molecule has 9 heteroatoms. The van der Waals surface area contributed by atoms with Crippen molar-refractivity contribution in [3.63, 3.8) is 0 Å². The normalized spacial score (nSPS) is 14.6. The molecule has 0 bridgehead atoms. The minimum absolute atomic E-state index is 0.144. The Hall–Kier alpha value is -4.53. The number of amides is 1. The van der Waals surface area contributed by atoms with Crippen molar-refractivity contribution in [1.29, 1.82) is 0 Å². The van der Waals surface area contributed by atoms with Gasteiger partial charge in [-0.25, -0.2) is 9.38 Å². The van der Waals surface area contributed by atoms with Crippen LogP contribution in [0.15, 0.2) is 57.9 Å². The van der Waals surface area contributed by atoms with Gasteiger partial charge in [0.05, 0.1) is 27.0 Å². The molecule has 4 aromatic rings. The second kappa shape index (κ2) is 10.6. The first-order valence-electron chi connectivity index (χ1n) is 13.3. The van der Waals surface area contributed by atoms with E-state index in [2.05, 4.69) is 16.3 Å². The van der Waals surface area contributed by atoms with Gasteiger partial charge in [0.15, 0.2) is 11.5 Å². The number of hydrogen-bond acceptors (Lipinski definition) is 7. The average molecular weight is 544 g/mol. The molecule has 0 atom stereocenters. The highest BCUT2D eigenvalue weighted by Gasteiger charge is 2.27. The summed E-state index contributed by atoms with van der Waals surface area (Å²) < 4.78 is 36.4. The zero-order valence-electron chi connectivity index (χ0n) is 22.7. The number of hydrogen-bond donors (Lipinski definition) is 1. The molecule has 0 radical (unpaired) electrons. The van der Waals surface area contributed by atoms with Crippen LogP contribution in [0.5, 0.6) is 17.2 Å². The zero-order valence-corrected chi connectivity index (χ0v) is 22.7. The Morgan fingerprint density at radius 1 is 0.950 bits per heavy atom. The second-order valence-corrected chi connectivity index (χ2v) is 9.90. The first-order valence-corrected chi connectivity index (χ1v) is 13.3. The van der Waals surface area contributed by atoms with Crippen molar-refractivity contribution in [3.05, 3.63) is 76.6 Å². The van der Waals surface area contributed by atoms with Gasteiger partial charge in [0.1, 0.15) is 17.0 Å². The number of anilines is 2. The molecular weight excluding hydrogens is 513 g/mol. The summed E-state index contributed by atoms with van der Waals surface area (Å²) in [6.07, 6.45) is 4.02. The van der Waals surface area contributed by atoms with Gasteiger partial charge in [0.2, 0.25) is 11.3 Å². The third kappa shape index (κ3) is 4.61. The van der Waals surface area contributed by atoms with Gasteiger partial charge in [-0.1, -0.05) is 0 Å². The third-order valence-electron chi connectivity index (χ3n) is 7.46. The van der Waals surface area contributed by atoms with Crippen LogP contribution in [-0.2, 0) is 12.8 Å². The van der Waals surface area contributed by atoms with Gasteiger partial charge < -0.3 is 28.8 Å². The Kier molecular flexibility index (Phi) is 6.79. The summed E-state index contributed by atoms with van der Waals surface area (Å²) in [6, 6.07) is 13.0. The molecule has 2 aliphatic rings. The molecule has 0 saturated heterocycles. The highest BCUT2D eigenvalue weighted by Crippen LogP contribution is 2.42. The maximum Gasteiger partial charge on any atom is 0.261 e. The number of carbonyl (C=O) groups excluding carboxylic acids is 1. The van der Waals surface area contributed by atoms with E-state index in [1.54, 1.807) is 12.1 Å². The van der Waals surface area contributed by atoms with Gasteiger partial charge in [-0.05, 0) is 67.6 Å². The number of ether oxygens (including phenoxy) is 3. The van der Waals surface area contributed by atoms with Crippen LogP contribution in [0.25, 0.3) is 11.0 Å². The van der Waals surface area contributed by atoms with E-state index in [0.717, 1.165) is 55.3 Å². The van der Waals surface area contributed by atoms with E-state index < -0.39 is 5.91 Å². The summed E-state index contributed by atoms with van der Waals surface area (Å²) in [5, 5.41) is 3.70. The lowest BCUT2D eigenvalue weighted by atomic mass is 9.90. The maximum absolute atomic E-state index is 13.6. The molecule has 1 amide bonds. The molecule has 2 aliphatic heterocycles. The number of halogens is 1. The summed E-state index contributed by atoms with van der Waals surface area (Å²) in [5.74, 6) is 0.489. The minimum atomic E-state index is -0.420. The van der Waals surface area contributed by atoms with E-state index in [0.29, 0.717) is 28.6 Å². The monoisotopic (exact) mass is 543 g/mol. The standard InChI is InChI=1S/C31H30FN3O5/c1-37-25-16-22(17-26(38-2)29(25)39-3)34-31-24(30(36)33-21-10-8-20(32)9-11-21)15-19-14-18-6-4-12-35-13-5-7-23(27(18)35)28(19)40-31/h8-11,14-17H,4-7,12-13H2,1-3H3,(H,33,36). The molecule has 206 valence electrons. The molecule has 0 spiro atoms. The van der Waals surface area contributed by atoms with Crippen LogP contribution in [0.1, 0.15) is 34.3 Å². The lowest BCUT2D eigenvalue weighted by Gasteiger charge is -2.37. The largest absolute Gasteiger partial charge is 0.493 e. The summed E-state index contributed by atoms with van der Waals surface area (Å²) >= 11 is 0. The van der Waals surface area contributed by atoms with Crippen LogP contribution in [0.3, 0.4) is 0 Å². The summed E-state index contributed by atoms with van der Waals surface area (Å²) in [4.78, 5) is 20.8. The van der Waals surface area contributed by atoms with Crippen LogP contribution in [0.2, 0.25) is 0 Å². The fourth-order valence-corrected chi connectivity index (χ4v) is 5.68. The van der Waals surface area contributed by atoms with Crippen molar-refractivity contribution in [1.82, 2.24) is 0 Å². The van der Waals surface area contributed by atoms with Crippen molar-refractivity contribution >= 4 is 33.9 Å². The fourth-order valence-electron chi connectivity index (χ4n) is 5.68. The number of rotatable bonds is 6. The summed E-state index contributed by atoms with van der Waals surface area (Å²) in [7, 11) is 4.59. The molecule has 40 heavy (non-hydrogen) atoms. The highest BCUT2D eigenvalue weighted by molar-refractivity contribution is 6.06. The summed E-state index contributed by atoms with van der Waals surface area (Å²) in [6.45, 7) is 2.07. The van der Waals surface area contributed by atoms with Gasteiger partial charge in [0, 0.05) is 47.5 Å². The molecule has 0 aliphatic carbocycles. The smallest absolute Gasteiger partial charge is 0.261 e. The number of carbonyl (C=O) groups is 1. The van der Waals surface area contributed by atoms with Gasteiger partial charge in [-0.2, -0.15) is 0 Å². The topological polar surface area (TPSA) is 85.5 Å². The molecule has 3 aromatic carbocycles. The predicted molar refractivity (Wildman–Crippen MR) is 151 cm³/mol. The van der Waals surface area contributed by atoms with Crippen LogP contribution >= 0.6 is 0 Å². The Morgan fingerprint density at radius 3 is 2.33 bits per heavy atom. The van der Waals surface area contributed by atoms with Gasteiger partial charge in [-0.15, -0.1) is 0 Å². The SMILES string of the molecule is COc1cc(N=c2oc3c4c5c(cc3cc2C(=O)Nc2ccc(F)cc2)CCCN5CCC4)cc(OC)c1OC. The Balaban J connectivity index is 1.57. The van der Waals surface area contributed by atoms with Crippen molar-refractivity contribution in [2.75, 3.05) is 44.6 Å². The van der Waals surface area contributed by atoms with Crippen LogP contribution in [0, 0.1) is 5.82 Å². The minimum Gasteiger partial charge on any atom is -0.493 e. The predicted octanol–water partition coefficient (Wildman–Crippen LogP) is 5.78. The Bertz CT molecular complexity index is 1650. The van der Waals surface area contributed by atoms with E-state index in [9.17, 15) is 9.18 Å². The molecule has 8 nitrogen and oxygen atoms in total. The third-order valence-corrected chi connectivity index (χ3v) is 7.46. The zero-order chi connectivity index (χ0) is 27.8. The Morgan fingerprint density at radius 2 is 1.65 bits per heavy atom. The van der Waals surface area contributed by atoms with Gasteiger partial charge in [-0.3, -0.25) is 4.79 Å². The van der Waals surface area contributed by atoms with Crippen molar-refractivity contribution in [2.45, 2.75) is 25.7 Å². The quantitative estimate of drug-likeness (QED) is 0.332.